The van der Waals surface area contributed by atoms with Gasteiger partial charge in [0.2, 0.25) is 0 Å². The zero-order valence-electron chi connectivity index (χ0n) is 18.7. The van der Waals surface area contributed by atoms with Crippen molar-refractivity contribution in [1.82, 2.24) is 20.1 Å². The molecule has 1 aromatic heterocycles. The largest absolute Gasteiger partial charge is 0.342 e. The van der Waals surface area contributed by atoms with E-state index in [9.17, 15) is 9.18 Å². The Morgan fingerprint density at radius 3 is 2.37 bits per heavy atom. The van der Waals surface area contributed by atoms with Crippen LogP contribution in [0.1, 0.15) is 40.3 Å². The van der Waals surface area contributed by atoms with E-state index >= 15 is 0 Å². The lowest BCUT2D eigenvalue weighted by atomic mass is 10.1. The summed E-state index contributed by atoms with van der Waals surface area (Å²) in [4.78, 5) is 12.9. The van der Waals surface area contributed by atoms with Crippen molar-refractivity contribution >= 4 is 52.5 Å². The van der Waals surface area contributed by atoms with Crippen molar-refractivity contribution in [3.63, 3.8) is 0 Å². The summed E-state index contributed by atoms with van der Waals surface area (Å²) in [5.41, 5.74) is 3.03. The molecule has 0 fully saturated rings. The minimum atomic E-state index is -0.508. The fourth-order valence-electron chi connectivity index (χ4n) is 3.46. The van der Waals surface area contributed by atoms with Crippen LogP contribution in [0, 0.1) is 12.7 Å². The normalized spacial score (nSPS) is 11.9. The lowest BCUT2D eigenvalue weighted by molar-refractivity contribution is 0.0938. The molecule has 1 unspecified atom stereocenters. The van der Waals surface area contributed by atoms with E-state index in [1.165, 1.54) is 23.9 Å². The minimum Gasteiger partial charge on any atom is -0.342 e. The first-order valence-corrected chi connectivity index (χ1v) is 12.7. The Balaban J connectivity index is 1.67. The Morgan fingerprint density at radius 1 is 1.00 bits per heavy atom. The summed E-state index contributed by atoms with van der Waals surface area (Å²) < 4.78 is 15.2. The van der Waals surface area contributed by atoms with Crippen molar-refractivity contribution in [2.75, 3.05) is 0 Å². The van der Waals surface area contributed by atoms with Crippen LogP contribution in [0.5, 0.6) is 0 Å². The fraction of sp³-hybridized carbons (Fsp3) is 0.160. The van der Waals surface area contributed by atoms with Crippen LogP contribution in [-0.2, 0) is 5.75 Å². The van der Waals surface area contributed by atoms with Gasteiger partial charge in [0.15, 0.2) is 11.0 Å². The number of thioether (sulfide) groups is 1. The van der Waals surface area contributed by atoms with Gasteiger partial charge < -0.3 is 5.32 Å². The quantitative estimate of drug-likeness (QED) is 0.243. The number of halogens is 4. The standard InChI is InChI=1S/C25H20Cl3FN4OS/c1-14-3-6-18(26)12-22(14)33-23(15(2)30-24(34)17-9-19(27)11-20(28)10-17)31-32-25(33)35-13-16-4-7-21(29)8-5-16/h3-12,15H,13H2,1-2H3,(H,30,34). The lowest BCUT2D eigenvalue weighted by Gasteiger charge is -2.18. The molecule has 4 aromatic rings. The summed E-state index contributed by atoms with van der Waals surface area (Å²) in [5, 5.41) is 13.6. The molecule has 4 rings (SSSR count). The predicted molar refractivity (Wildman–Crippen MR) is 139 cm³/mol. The third-order valence-electron chi connectivity index (χ3n) is 5.21. The van der Waals surface area contributed by atoms with Crippen molar-refractivity contribution in [2.45, 2.75) is 30.8 Å². The molecule has 35 heavy (non-hydrogen) atoms. The average molecular weight is 550 g/mol. The number of benzene rings is 3. The number of carbonyl (C=O) groups excluding carboxylic acids is 1. The second-order valence-corrected chi connectivity index (χ2v) is 10.1. The molecule has 5 nitrogen and oxygen atoms in total. The number of carbonyl (C=O) groups is 1. The number of hydrogen-bond acceptors (Lipinski definition) is 4. The van der Waals surface area contributed by atoms with Crippen molar-refractivity contribution < 1.29 is 9.18 Å². The zero-order valence-corrected chi connectivity index (χ0v) is 21.8. The van der Waals surface area contributed by atoms with Crippen molar-refractivity contribution in [3.8, 4) is 5.69 Å². The van der Waals surface area contributed by atoms with Gasteiger partial charge in [-0.15, -0.1) is 10.2 Å². The summed E-state index contributed by atoms with van der Waals surface area (Å²) in [6, 6.07) is 16.0. The van der Waals surface area contributed by atoms with Crippen LogP contribution in [0.15, 0.2) is 65.8 Å². The van der Waals surface area contributed by atoms with E-state index in [1.54, 1.807) is 30.3 Å². The van der Waals surface area contributed by atoms with Gasteiger partial charge in [-0.05, 0) is 67.4 Å². The molecule has 0 aliphatic carbocycles. The fourth-order valence-corrected chi connectivity index (χ4v) is 5.06. The number of nitrogens with one attached hydrogen (secondary N) is 1. The number of aromatic nitrogens is 3. The smallest absolute Gasteiger partial charge is 0.251 e. The Hall–Kier alpha value is -2.58. The molecule has 0 spiro atoms. The van der Waals surface area contributed by atoms with E-state index in [0.717, 1.165) is 16.8 Å². The molecule has 0 saturated carbocycles. The minimum absolute atomic E-state index is 0.288. The summed E-state index contributed by atoms with van der Waals surface area (Å²) in [6.07, 6.45) is 0. The van der Waals surface area contributed by atoms with Crippen LogP contribution in [0.2, 0.25) is 15.1 Å². The number of rotatable bonds is 7. The molecule has 1 atom stereocenters. The Kier molecular flexibility index (Phi) is 8.02. The van der Waals surface area contributed by atoms with Crippen LogP contribution in [0.25, 0.3) is 5.69 Å². The molecule has 1 amide bonds. The van der Waals surface area contributed by atoms with Gasteiger partial charge in [-0.3, -0.25) is 9.36 Å². The maximum atomic E-state index is 13.3. The van der Waals surface area contributed by atoms with Crippen LogP contribution < -0.4 is 5.32 Å². The summed E-state index contributed by atoms with van der Waals surface area (Å²) in [6.45, 7) is 3.78. The van der Waals surface area contributed by atoms with Crippen molar-refractivity contribution in [3.05, 3.63) is 104 Å². The van der Waals surface area contributed by atoms with Crippen LogP contribution in [0.3, 0.4) is 0 Å². The highest BCUT2D eigenvalue weighted by Gasteiger charge is 2.23. The maximum Gasteiger partial charge on any atom is 0.251 e. The first-order chi connectivity index (χ1) is 16.7. The van der Waals surface area contributed by atoms with E-state index in [2.05, 4.69) is 15.5 Å². The number of nitrogens with zero attached hydrogens (tertiary/aromatic N) is 3. The van der Waals surface area contributed by atoms with Gasteiger partial charge in [0.25, 0.3) is 5.91 Å². The highest BCUT2D eigenvalue weighted by molar-refractivity contribution is 7.98. The molecule has 1 N–H and O–H groups in total. The van der Waals surface area contributed by atoms with Crippen LogP contribution in [-0.4, -0.2) is 20.7 Å². The van der Waals surface area contributed by atoms with Crippen LogP contribution >= 0.6 is 46.6 Å². The molecule has 0 saturated heterocycles. The van der Waals surface area contributed by atoms with Crippen LogP contribution in [0.4, 0.5) is 4.39 Å². The van der Waals surface area contributed by atoms with Gasteiger partial charge in [0.05, 0.1) is 11.7 Å². The van der Waals surface area contributed by atoms with Gasteiger partial charge >= 0.3 is 0 Å². The van der Waals surface area contributed by atoms with E-state index in [1.807, 2.05) is 36.6 Å². The monoisotopic (exact) mass is 548 g/mol. The number of hydrogen-bond donors (Lipinski definition) is 1. The molecular weight excluding hydrogens is 530 g/mol. The molecule has 0 radical (unpaired) electrons. The van der Waals surface area contributed by atoms with E-state index in [-0.39, 0.29) is 11.7 Å². The van der Waals surface area contributed by atoms with E-state index in [0.29, 0.717) is 37.4 Å². The van der Waals surface area contributed by atoms with E-state index in [4.69, 9.17) is 34.8 Å². The Bertz CT molecular complexity index is 1360. The molecule has 0 bridgehead atoms. The molecule has 0 aliphatic heterocycles. The van der Waals surface area contributed by atoms with Gasteiger partial charge in [0, 0.05) is 26.4 Å². The van der Waals surface area contributed by atoms with E-state index < -0.39 is 6.04 Å². The third kappa shape index (κ3) is 6.16. The molecule has 10 heteroatoms. The highest BCUT2D eigenvalue weighted by atomic mass is 35.5. The summed E-state index contributed by atoms with van der Waals surface area (Å²) >= 11 is 19.9. The van der Waals surface area contributed by atoms with Crippen molar-refractivity contribution in [2.24, 2.45) is 0 Å². The third-order valence-corrected chi connectivity index (χ3v) is 6.88. The van der Waals surface area contributed by atoms with Gasteiger partial charge in [0.1, 0.15) is 5.82 Å². The zero-order chi connectivity index (χ0) is 25.1. The van der Waals surface area contributed by atoms with Gasteiger partial charge in [-0.1, -0.05) is 64.8 Å². The molecular formula is C25H20Cl3FN4OS. The molecule has 3 aromatic carbocycles. The topological polar surface area (TPSA) is 59.8 Å². The molecule has 0 aliphatic rings. The molecule has 180 valence electrons. The van der Waals surface area contributed by atoms with Gasteiger partial charge in [-0.2, -0.15) is 0 Å². The number of aryl methyl sites for hydroxylation is 1. The van der Waals surface area contributed by atoms with Gasteiger partial charge in [-0.25, -0.2) is 4.39 Å². The summed E-state index contributed by atoms with van der Waals surface area (Å²) in [7, 11) is 0. The summed E-state index contributed by atoms with van der Waals surface area (Å²) in [5.74, 6) is 0.447. The Labute approximate surface area is 221 Å². The highest BCUT2D eigenvalue weighted by Crippen LogP contribution is 2.30. The maximum absolute atomic E-state index is 13.3. The predicted octanol–water partition coefficient (Wildman–Crippen LogP) is 7.46. The second-order valence-electron chi connectivity index (χ2n) is 7.88. The number of amides is 1. The SMILES string of the molecule is Cc1ccc(Cl)cc1-n1c(SCc2ccc(F)cc2)nnc1C(C)NC(=O)c1cc(Cl)cc(Cl)c1. The Morgan fingerprint density at radius 2 is 1.69 bits per heavy atom. The first kappa shape index (κ1) is 25.5. The first-order valence-electron chi connectivity index (χ1n) is 10.6. The van der Waals surface area contributed by atoms with Crippen molar-refractivity contribution in [1.29, 1.82) is 0 Å². The second kappa shape index (κ2) is 11.0. The lowest BCUT2D eigenvalue weighted by Crippen LogP contribution is -2.28. The average Bonchev–Trinajstić information content (AvgIpc) is 3.23. The molecule has 1 heterocycles.